The van der Waals surface area contributed by atoms with E-state index in [4.69, 9.17) is 9.47 Å². The zero-order chi connectivity index (χ0) is 15.9. The van der Waals surface area contributed by atoms with E-state index in [0.29, 0.717) is 13.2 Å². The van der Waals surface area contributed by atoms with Crippen LogP contribution in [0.1, 0.15) is 18.4 Å². The Morgan fingerprint density at radius 1 is 1.09 bits per heavy atom. The van der Waals surface area contributed by atoms with Gasteiger partial charge in [0.25, 0.3) is 0 Å². The summed E-state index contributed by atoms with van der Waals surface area (Å²) in [4.78, 5) is 11.8. The highest BCUT2D eigenvalue weighted by Crippen LogP contribution is 2.21. The molecule has 1 amide bonds. The summed E-state index contributed by atoms with van der Waals surface area (Å²) in [7, 11) is 0. The number of nitrogens with one attached hydrogen (secondary N) is 1. The molecule has 1 atom stereocenters. The predicted octanol–water partition coefficient (Wildman–Crippen LogP) is 3.32. The molecule has 1 heterocycles. The fourth-order valence-corrected chi connectivity index (χ4v) is 2.58. The second-order valence-electron chi connectivity index (χ2n) is 5.60. The van der Waals surface area contributed by atoms with E-state index in [9.17, 15) is 4.79 Å². The van der Waals surface area contributed by atoms with Crippen LogP contribution in [0.25, 0.3) is 0 Å². The lowest BCUT2D eigenvalue weighted by Gasteiger charge is -2.10. The van der Waals surface area contributed by atoms with Gasteiger partial charge in [0.1, 0.15) is 17.6 Å². The van der Waals surface area contributed by atoms with Gasteiger partial charge in [-0.15, -0.1) is 0 Å². The average molecular weight is 311 g/mol. The molecule has 1 aliphatic heterocycles. The smallest absolute Gasteiger partial charge is 0.249 e. The van der Waals surface area contributed by atoms with Gasteiger partial charge in [0.05, 0.1) is 0 Å². The number of benzene rings is 2. The largest absolute Gasteiger partial charge is 0.457 e. The first kappa shape index (κ1) is 15.6. The van der Waals surface area contributed by atoms with Crippen molar-refractivity contribution in [1.29, 1.82) is 0 Å². The predicted molar refractivity (Wildman–Crippen MR) is 88.6 cm³/mol. The molecule has 0 aliphatic carbocycles. The number of para-hydroxylation sites is 1. The van der Waals surface area contributed by atoms with Crippen molar-refractivity contribution >= 4 is 5.91 Å². The Bertz CT molecular complexity index is 619. The minimum absolute atomic E-state index is 0.00605. The topological polar surface area (TPSA) is 47.6 Å². The number of ether oxygens (including phenoxy) is 2. The Labute approximate surface area is 136 Å². The normalized spacial score (nSPS) is 17.0. The van der Waals surface area contributed by atoms with Gasteiger partial charge in [-0.2, -0.15) is 0 Å². The summed E-state index contributed by atoms with van der Waals surface area (Å²) >= 11 is 0. The number of hydrogen-bond donors (Lipinski definition) is 1. The van der Waals surface area contributed by atoms with Crippen molar-refractivity contribution in [2.45, 2.75) is 25.4 Å². The molecule has 0 saturated carbocycles. The zero-order valence-electron chi connectivity index (χ0n) is 13.0. The minimum atomic E-state index is -0.253. The van der Waals surface area contributed by atoms with Crippen molar-refractivity contribution in [3.63, 3.8) is 0 Å². The molecule has 0 radical (unpaired) electrons. The lowest BCUT2D eigenvalue weighted by molar-refractivity contribution is -0.129. The molecule has 0 spiro atoms. The number of amides is 1. The fourth-order valence-electron chi connectivity index (χ4n) is 2.58. The van der Waals surface area contributed by atoms with E-state index in [-0.39, 0.29) is 12.0 Å². The lowest BCUT2D eigenvalue weighted by Crippen LogP contribution is -2.35. The third-order valence-electron chi connectivity index (χ3n) is 3.84. The van der Waals surface area contributed by atoms with Gasteiger partial charge < -0.3 is 14.8 Å². The van der Waals surface area contributed by atoms with Crippen LogP contribution in [0, 0.1) is 0 Å². The summed E-state index contributed by atoms with van der Waals surface area (Å²) in [6, 6.07) is 17.6. The molecule has 2 aromatic carbocycles. The van der Waals surface area contributed by atoms with Crippen molar-refractivity contribution in [3.8, 4) is 11.5 Å². The van der Waals surface area contributed by atoms with Crippen LogP contribution in [0.4, 0.5) is 0 Å². The highest BCUT2D eigenvalue weighted by Gasteiger charge is 2.22. The van der Waals surface area contributed by atoms with Crippen LogP contribution >= 0.6 is 0 Å². The summed E-state index contributed by atoms with van der Waals surface area (Å²) in [5, 5.41) is 2.93. The van der Waals surface area contributed by atoms with Crippen LogP contribution < -0.4 is 10.1 Å². The van der Waals surface area contributed by atoms with Gasteiger partial charge in [-0.1, -0.05) is 30.3 Å². The second kappa shape index (κ2) is 7.79. The van der Waals surface area contributed by atoms with Gasteiger partial charge in [-0.25, -0.2) is 0 Å². The Morgan fingerprint density at radius 3 is 2.52 bits per heavy atom. The molecule has 1 unspecified atom stereocenters. The van der Waals surface area contributed by atoms with Crippen LogP contribution in [-0.4, -0.2) is 25.2 Å². The molecule has 23 heavy (non-hydrogen) atoms. The summed E-state index contributed by atoms with van der Waals surface area (Å²) in [5.41, 5.74) is 1.16. The van der Waals surface area contributed by atoms with E-state index >= 15 is 0 Å². The first-order valence-corrected chi connectivity index (χ1v) is 8.02. The molecule has 1 aliphatic rings. The third kappa shape index (κ3) is 4.57. The van der Waals surface area contributed by atoms with E-state index in [1.807, 2.05) is 54.6 Å². The van der Waals surface area contributed by atoms with E-state index in [1.54, 1.807) is 0 Å². The van der Waals surface area contributed by atoms with Gasteiger partial charge in [0.15, 0.2) is 0 Å². The first-order chi connectivity index (χ1) is 11.3. The molecule has 4 heteroatoms. The van der Waals surface area contributed by atoms with Gasteiger partial charge >= 0.3 is 0 Å². The Hall–Kier alpha value is -2.33. The molecule has 3 rings (SSSR count). The van der Waals surface area contributed by atoms with E-state index in [0.717, 1.165) is 36.3 Å². The maximum Gasteiger partial charge on any atom is 0.249 e. The van der Waals surface area contributed by atoms with Crippen LogP contribution in [0.2, 0.25) is 0 Å². The summed E-state index contributed by atoms with van der Waals surface area (Å²) < 4.78 is 11.1. The number of hydrogen-bond acceptors (Lipinski definition) is 3. The third-order valence-corrected chi connectivity index (χ3v) is 3.84. The van der Waals surface area contributed by atoms with Gasteiger partial charge in [0, 0.05) is 13.2 Å². The molecule has 120 valence electrons. The summed E-state index contributed by atoms with van der Waals surface area (Å²) in [6.45, 7) is 1.32. The molecule has 2 aromatic rings. The van der Waals surface area contributed by atoms with Crippen LogP contribution in [0.3, 0.4) is 0 Å². The molecule has 4 nitrogen and oxygen atoms in total. The average Bonchev–Trinajstić information content (AvgIpc) is 3.12. The summed E-state index contributed by atoms with van der Waals surface area (Å²) in [5.74, 6) is 1.64. The van der Waals surface area contributed by atoms with Crippen LogP contribution in [-0.2, 0) is 16.0 Å². The molecule has 0 bridgehead atoms. The molecule has 1 saturated heterocycles. The Balaban J connectivity index is 1.45. The quantitative estimate of drug-likeness (QED) is 0.890. The first-order valence-electron chi connectivity index (χ1n) is 8.02. The van der Waals surface area contributed by atoms with Crippen molar-refractivity contribution in [3.05, 3.63) is 60.2 Å². The molecular weight excluding hydrogens is 290 g/mol. The second-order valence-corrected chi connectivity index (χ2v) is 5.60. The monoisotopic (exact) mass is 311 g/mol. The Morgan fingerprint density at radius 2 is 1.83 bits per heavy atom. The maximum absolute atomic E-state index is 11.8. The molecule has 1 fully saturated rings. The van der Waals surface area contributed by atoms with Gasteiger partial charge in [0.2, 0.25) is 5.91 Å². The zero-order valence-corrected chi connectivity index (χ0v) is 13.0. The standard InChI is InChI=1S/C19H21NO3/c21-19(18-7-4-14-22-18)20-13-12-15-8-10-17(11-9-15)23-16-5-2-1-3-6-16/h1-3,5-6,8-11,18H,4,7,12-14H2,(H,20,21). The lowest BCUT2D eigenvalue weighted by atomic mass is 10.1. The Kier molecular flexibility index (Phi) is 5.27. The minimum Gasteiger partial charge on any atom is -0.457 e. The van der Waals surface area contributed by atoms with E-state index in [1.165, 1.54) is 0 Å². The van der Waals surface area contributed by atoms with E-state index in [2.05, 4.69) is 5.32 Å². The fraction of sp³-hybridized carbons (Fsp3) is 0.316. The molecule has 0 aromatic heterocycles. The maximum atomic E-state index is 11.8. The van der Waals surface area contributed by atoms with Crippen molar-refractivity contribution in [2.75, 3.05) is 13.2 Å². The highest BCUT2D eigenvalue weighted by atomic mass is 16.5. The molecular formula is C19H21NO3. The van der Waals surface area contributed by atoms with Crippen molar-refractivity contribution < 1.29 is 14.3 Å². The highest BCUT2D eigenvalue weighted by molar-refractivity contribution is 5.80. The van der Waals surface area contributed by atoms with Crippen LogP contribution in [0.5, 0.6) is 11.5 Å². The summed E-state index contributed by atoms with van der Waals surface area (Å²) in [6.07, 6.45) is 2.35. The molecule has 1 N–H and O–H groups in total. The number of carbonyl (C=O) groups excluding carboxylic acids is 1. The van der Waals surface area contributed by atoms with Gasteiger partial charge in [-0.05, 0) is 49.1 Å². The number of rotatable bonds is 6. The SMILES string of the molecule is O=C(NCCc1ccc(Oc2ccccc2)cc1)C1CCCO1. The van der Waals surface area contributed by atoms with Gasteiger partial charge in [-0.3, -0.25) is 4.79 Å². The van der Waals surface area contributed by atoms with Crippen molar-refractivity contribution in [2.24, 2.45) is 0 Å². The van der Waals surface area contributed by atoms with E-state index < -0.39 is 0 Å². The van der Waals surface area contributed by atoms with Crippen molar-refractivity contribution in [1.82, 2.24) is 5.32 Å². The number of carbonyl (C=O) groups is 1. The van der Waals surface area contributed by atoms with Crippen LogP contribution in [0.15, 0.2) is 54.6 Å².